The van der Waals surface area contributed by atoms with Crippen molar-refractivity contribution in [3.8, 4) is 0 Å². The number of sulfonamides is 1. The van der Waals surface area contributed by atoms with Crippen LogP contribution in [0.25, 0.3) is 0 Å². The van der Waals surface area contributed by atoms with E-state index in [1.807, 2.05) is 31.2 Å². The van der Waals surface area contributed by atoms with E-state index in [1.54, 1.807) is 18.2 Å². The van der Waals surface area contributed by atoms with E-state index < -0.39 is 18.3 Å². The van der Waals surface area contributed by atoms with Crippen molar-refractivity contribution in [2.75, 3.05) is 6.54 Å². The fourth-order valence-electron chi connectivity index (χ4n) is 2.92. The van der Waals surface area contributed by atoms with Crippen molar-refractivity contribution in [1.29, 1.82) is 0 Å². The lowest BCUT2D eigenvalue weighted by atomic mass is 10.2. The first-order valence-electron chi connectivity index (χ1n) is 9.44. The molecule has 1 aliphatic carbocycles. The second-order valence-corrected chi connectivity index (χ2v) is 15.4. The molecule has 2 rings (SSSR count). The Balaban J connectivity index is 2.35. The summed E-state index contributed by atoms with van der Waals surface area (Å²) in [4.78, 5) is 0.307. The zero-order valence-corrected chi connectivity index (χ0v) is 19.2. The quantitative estimate of drug-likeness (QED) is 0.477. The average molecular weight is 408 g/mol. The van der Waals surface area contributed by atoms with Gasteiger partial charge in [-0.25, -0.2) is 8.42 Å². The summed E-state index contributed by atoms with van der Waals surface area (Å²) in [5.41, 5.74) is 1.03. The van der Waals surface area contributed by atoms with Crippen LogP contribution in [0.2, 0.25) is 18.1 Å². The molecule has 0 fully saturated rings. The maximum Gasteiger partial charge on any atom is 0.243 e. The molecule has 0 aromatic heterocycles. The number of hydrogen-bond donors (Lipinski definition) is 0. The van der Waals surface area contributed by atoms with Gasteiger partial charge < -0.3 is 4.43 Å². The zero-order valence-electron chi connectivity index (χ0n) is 17.4. The normalized spacial score (nSPS) is 21.0. The SMILES string of the molecule is C=CCN([C@H]1C=CC[C@H]1O[Si](C)(C)C(C)(C)C)S(=O)(=O)c1ccc(C)cc1. The van der Waals surface area contributed by atoms with Crippen molar-refractivity contribution >= 4 is 18.3 Å². The first-order valence-corrected chi connectivity index (χ1v) is 13.8. The van der Waals surface area contributed by atoms with Gasteiger partial charge in [0, 0.05) is 6.54 Å². The van der Waals surface area contributed by atoms with E-state index in [9.17, 15) is 8.42 Å². The molecule has 0 saturated carbocycles. The van der Waals surface area contributed by atoms with Crippen molar-refractivity contribution < 1.29 is 12.8 Å². The largest absolute Gasteiger partial charge is 0.412 e. The third-order valence-electron chi connectivity index (χ3n) is 5.60. The zero-order chi connectivity index (χ0) is 20.5. The molecule has 0 spiro atoms. The molecule has 0 amide bonds. The van der Waals surface area contributed by atoms with Crippen LogP contribution in [0.5, 0.6) is 0 Å². The second-order valence-electron chi connectivity index (χ2n) is 8.75. The van der Waals surface area contributed by atoms with E-state index in [0.717, 1.165) is 12.0 Å². The summed E-state index contributed by atoms with van der Waals surface area (Å²) in [6.45, 7) is 17.0. The van der Waals surface area contributed by atoms with E-state index in [4.69, 9.17) is 4.43 Å². The fourth-order valence-corrected chi connectivity index (χ4v) is 5.85. The van der Waals surface area contributed by atoms with Crippen LogP contribution in [-0.4, -0.2) is 39.7 Å². The van der Waals surface area contributed by atoms with Gasteiger partial charge in [-0.1, -0.05) is 56.7 Å². The number of rotatable bonds is 7. The summed E-state index contributed by atoms with van der Waals surface area (Å²) in [5, 5.41) is 0.0687. The molecule has 0 saturated heterocycles. The molecule has 0 unspecified atom stereocenters. The Hall–Kier alpha value is -1.21. The van der Waals surface area contributed by atoms with Crippen LogP contribution in [0.3, 0.4) is 0 Å². The van der Waals surface area contributed by atoms with E-state index in [-0.39, 0.29) is 23.7 Å². The predicted octanol–water partition coefficient (Wildman–Crippen LogP) is 4.89. The van der Waals surface area contributed by atoms with E-state index in [1.165, 1.54) is 4.31 Å². The predicted molar refractivity (Wildman–Crippen MR) is 115 cm³/mol. The van der Waals surface area contributed by atoms with Gasteiger partial charge in [0.2, 0.25) is 10.0 Å². The average Bonchev–Trinajstić information content (AvgIpc) is 2.98. The highest BCUT2D eigenvalue weighted by atomic mass is 32.2. The highest BCUT2D eigenvalue weighted by molar-refractivity contribution is 7.89. The Labute approximate surface area is 166 Å². The van der Waals surface area contributed by atoms with E-state index in [0.29, 0.717) is 4.90 Å². The highest BCUT2D eigenvalue weighted by Gasteiger charge is 2.43. The summed E-state index contributed by atoms with van der Waals surface area (Å²) in [6, 6.07) is 6.68. The highest BCUT2D eigenvalue weighted by Crippen LogP contribution is 2.39. The second kappa shape index (κ2) is 8.03. The van der Waals surface area contributed by atoms with Crippen LogP contribution in [0, 0.1) is 6.92 Å². The molecule has 2 atom stereocenters. The lowest BCUT2D eigenvalue weighted by Gasteiger charge is -2.41. The smallest absolute Gasteiger partial charge is 0.243 e. The van der Waals surface area contributed by atoms with Gasteiger partial charge in [-0.05, 0) is 43.6 Å². The molecule has 0 aliphatic heterocycles. The van der Waals surface area contributed by atoms with Crippen molar-refractivity contribution in [1.82, 2.24) is 4.31 Å². The van der Waals surface area contributed by atoms with Gasteiger partial charge in [-0.15, -0.1) is 6.58 Å². The Morgan fingerprint density at radius 1 is 1.26 bits per heavy atom. The molecule has 0 heterocycles. The molecule has 0 bridgehead atoms. The topological polar surface area (TPSA) is 46.6 Å². The molecular weight excluding hydrogens is 374 g/mol. The Bertz CT molecular complexity index is 792. The number of hydrogen-bond acceptors (Lipinski definition) is 3. The van der Waals surface area contributed by atoms with Gasteiger partial charge in [0.1, 0.15) is 0 Å². The van der Waals surface area contributed by atoms with Gasteiger partial charge in [0.15, 0.2) is 8.32 Å². The summed E-state index contributed by atoms with van der Waals surface area (Å²) in [6.07, 6.45) is 6.21. The van der Waals surface area contributed by atoms with Crippen LogP contribution in [-0.2, 0) is 14.4 Å². The third kappa shape index (κ3) is 4.80. The molecular formula is C21H33NO3SSi. The molecule has 0 N–H and O–H groups in total. The molecule has 150 valence electrons. The van der Waals surface area contributed by atoms with Crippen molar-refractivity contribution in [3.05, 3.63) is 54.6 Å². The van der Waals surface area contributed by atoms with Crippen LogP contribution in [0.15, 0.2) is 54.0 Å². The molecule has 6 heteroatoms. The molecule has 1 aliphatic rings. The maximum atomic E-state index is 13.3. The lowest BCUT2D eigenvalue weighted by molar-refractivity contribution is 0.136. The summed E-state index contributed by atoms with van der Waals surface area (Å²) in [7, 11) is -5.65. The van der Waals surface area contributed by atoms with E-state index in [2.05, 4.69) is 40.4 Å². The standard InChI is InChI=1S/C21H33NO3SSi/c1-8-16-22(26(23,24)18-14-12-17(2)13-15-18)19-10-9-11-20(19)25-27(6,7)21(3,4)5/h8-10,12-15,19-20H,1,11,16H2,2-7H3/t19-,20+/m0/s1. The molecule has 4 nitrogen and oxygen atoms in total. The Morgan fingerprint density at radius 2 is 1.85 bits per heavy atom. The molecule has 1 aromatic carbocycles. The van der Waals surface area contributed by atoms with Gasteiger partial charge >= 0.3 is 0 Å². The number of benzene rings is 1. The minimum Gasteiger partial charge on any atom is -0.412 e. The summed E-state index contributed by atoms with van der Waals surface area (Å²) in [5.74, 6) is 0. The fraction of sp³-hybridized carbons (Fsp3) is 0.524. The summed E-state index contributed by atoms with van der Waals surface area (Å²) >= 11 is 0. The number of aryl methyl sites for hydroxylation is 1. The Kier molecular flexibility index (Phi) is 6.57. The maximum absolute atomic E-state index is 13.3. The molecule has 0 radical (unpaired) electrons. The third-order valence-corrected chi connectivity index (χ3v) is 12.0. The minimum atomic E-state index is -3.64. The van der Waals surface area contributed by atoms with Crippen molar-refractivity contribution in [2.45, 2.75) is 69.3 Å². The Morgan fingerprint density at radius 3 is 2.37 bits per heavy atom. The van der Waals surface area contributed by atoms with Gasteiger partial charge in [0.05, 0.1) is 17.0 Å². The monoisotopic (exact) mass is 407 g/mol. The first-order chi connectivity index (χ1) is 12.4. The first kappa shape index (κ1) is 22.1. The van der Waals surface area contributed by atoms with Gasteiger partial charge in [-0.2, -0.15) is 4.31 Å². The van der Waals surface area contributed by atoms with Crippen LogP contribution < -0.4 is 0 Å². The van der Waals surface area contributed by atoms with Crippen molar-refractivity contribution in [3.63, 3.8) is 0 Å². The van der Waals surface area contributed by atoms with Gasteiger partial charge in [0.25, 0.3) is 0 Å². The molecule has 27 heavy (non-hydrogen) atoms. The lowest BCUT2D eigenvalue weighted by Crippen LogP contribution is -2.51. The van der Waals surface area contributed by atoms with Crippen molar-refractivity contribution in [2.24, 2.45) is 0 Å². The van der Waals surface area contributed by atoms with Gasteiger partial charge in [-0.3, -0.25) is 0 Å². The summed E-state index contributed by atoms with van der Waals surface area (Å²) < 4.78 is 34.8. The molecule has 1 aromatic rings. The number of nitrogens with zero attached hydrogens (tertiary/aromatic N) is 1. The minimum absolute atomic E-state index is 0.0687. The van der Waals surface area contributed by atoms with Crippen LogP contribution >= 0.6 is 0 Å². The van der Waals surface area contributed by atoms with Crippen LogP contribution in [0.4, 0.5) is 0 Å². The van der Waals surface area contributed by atoms with E-state index >= 15 is 0 Å². The van der Waals surface area contributed by atoms with Crippen LogP contribution in [0.1, 0.15) is 32.8 Å².